The summed E-state index contributed by atoms with van der Waals surface area (Å²) in [5.41, 5.74) is 1.15. The standard InChI is InChI=1S/C13H19ClN2/c1-10-3-2-4-12(7-10)16-8-11-5-6-15-9-13(11)14/h5-6,9-10,12,16H,2-4,7-8H2,1H3. The van der Waals surface area contributed by atoms with Crippen molar-refractivity contribution in [3.63, 3.8) is 0 Å². The first-order chi connectivity index (χ1) is 7.75. The second-order valence-electron chi connectivity index (χ2n) is 4.82. The molecule has 3 heteroatoms. The Morgan fingerprint density at radius 1 is 1.50 bits per heavy atom. The SMILES string of the molecule is CC1CCCC(NCc2ccncc2Cl)C1. The highest BCUT2D eigenvalue weighted by molar-refractivity contribution is 6.31. The monoisotopic (exact) mass is 238 g/mol. The van der Waals surface area contributed by atoms with Gasteiger partial charge in [0, 0.05) is 25.0 Å². The highest BCUT2D eigenvalue weighted by Gasteiger charge is 2.18. The fourth-order valence-electron chi connectivity index (χ4n) is 2.42. The van der Waals surface area contributed by atoms with Crippen LogP contribution in [0.2, 0.25) is 5.02 Å². The zero-order valence-electron chi connectivity index (χ0n) is 9.75. The van der Waals surface area contributed by atoms with Crippen molar-refractivity contribution < 1.29 is 0 Å². The average molecular weight is 239 g/mol. The summed E-state index contributed by atoms with van der Waals surface area (Å²) in [7, 11) is 0. The Bertz CT molecular complexity index is 340. The molecule has 1 saturated carbocycles. The number of hydrogen-bond donors (Lipinski definition) is 1. The first-order valence-corrected chi connectivity index (χ1v) is 6.45. The quantitative estimate of drug-likeness (QED) is 0.873. The number of pyridine rings is 1. The Kier molecular flexibility index (Phi) is 4.19. The number of nitrogens with zero attached hydrogens (tertiary/aromatic N) is 1. The molecule has 2 atom stereocenters. The molecule has 1 aromatic rings. The Morgan fingerprint density at radius 2 is 2.38 bits per heavy atom. The number of nitrogens with one attached hydrogen (secondary N) is 1. The summed E-state index contributed by atoms with van der Waals surface area (Å²) in [5, 5.41) is 4.36. The van der Waals surface area contributed by atoms with Gasteiger partial charge in [0.15, 0.2) is 0 Å². The molecule has 0 aliphatic heterocycles. The third-order valence-corrected chi connectivity index (χ3v) is 3.71. The van der Waals surface area contributed by atoms with E-state index in [2.05, 4.69) is 17.2 Å². The van der Waals surface area contributed by atoms with Gasteiger partial charge in [-0.3, -0.25) is 4.98 Å². The molecule has 2 unspecified atom stereocenters. The van der Waals surface area contributed by atoms with Gasteiger partial charge >= 0.3 is 0 Å². The molecule has 0 spiro atoms. The Labute approximate surface area is 102 Å². The molecule has 1 aromatic heterocycles. The fraction of sp³-hybridized carbons (Fsp3) is 0.615. The van der Waals surface area contributed by atoms with Gasteiger partial charge in [-0.2, -0.15) is 0 Å². The van der Waals surface area contributed by atoms with Crippen molar-refractivity contribution in [2.24, 2.45) is 5.92 Å². The van der Waals surface area contributed by atoms with Crippen LogP contribution in [-0.2, 0) is 6.54 Å². The summed E-state index contributed by atoms with van der Waals surface area (Å²) in [6.45, 7) is 3.20. The Hall–Kier alpha value is -0.600. The van der Waals surface area contributed by atoms with Crippen LogP contribution in [0.5, 0.6) is 0 Å². The molecular formula is C13H19ClN2. The lowest BCUT2D eigenvalue weighted by molar-refractivity contribution is 0.300. The zero-order valence-corrected chi connectivity index (χ0v) is 10.5. The maximum absolute atomic E-state index is 6.07. The van der Waals surface area contributed by atoms with Crippen LogP contribution in [0.4, 0.5) is 0 Å². The second kappa shape index (κ2) is 5.65. The van der Waals surface area contributed by atoms with Gasteiger partial charge < -0.3 is 5.32 Å². The molecule has 1 aliphatic carbocycles. The number of hydrogen-bond acceptors (Lipinski definition) is 2. The summed E-state index contributed by atoms with van der Waals surface area (Å²) in [6, 6.07) is 2.65. The van der Waals surface area contributed by atoms with Crippen molar-refractivity contribution >= 4 is 11.6 Å². The number of halogens is 1. The van der Waals surface area contributed by atoms with E-state index in [1.807, 2.05) is 6.07 Å². The Balaban J connectivity index is 1.85. The van der Waals surface area contributed by atoms with Crippen LogP contribution in [-0.4, -0.2) is 11.0 Å². The van der Waals surface area contributed by atoms with Gasteiger partial charge in [0.25, 0.3) is 0 Å². The third-order valence-electron chi connectivity index (χ3n) is 3.37. The molecule has 1 N–H and O–H groups in total. The molecule has 88 valence electrons. The van der Waals surface area contributed by atoms with E-state index in [0.29, 0.717) is 6.04 Å². The van der Waals surface area contributed by atoms with Gasteiger partial charge in [-0.05, 0) is 30.4 Å². The molecule has 1 heterocycles. The minimum absolute atomic E-state index is 0.660. The number of rotatable bonds is 3. The van der Waals surface area contributed by atoms with Crippen molar-refractivity contribution in [3.8, 4) is 0 Å². The van der Waals surface area contributed by atoms with Crippen molar-refractivity contribution in [1.29, 1.82) is 0 Å². The topological polar surface area (TPSA) is 24.9 Å². The molecule has 0 bridgehead atoms. The summed E-state index contributed by atoms with van der Waals surface area (Å²) in [4.78, 5) is 3.99. The lowest BCUT2D eigenvalue weighted by atomic mass is 9.87. The first kappa shape index (κ1) is 11.9. The van der Waals surface area contributed by atoms with E-state index in [0.717, 1.165) is 23.0 Å². The van der Waals surface area contributed by atoms with Gasteiger partial charge in [0.05, 0.1) is 5.02 Å². The summed E-state index contributed by atoms with van der Waals surface area (Å²) in [6.07, 6.45) is 8.83. The van der Waals surface area contributed by atoms with Crippen LogP contribution < -0.4 is 5.32 Å². The van der Waals surface area contributed by atoms with Gasteiger partial charge in [-0.15, -0.1) is 0 Å². The lowest BCUT2D eigenvalue weighted by Gasteiger charge is -2.27. The molecule has 0 saturated heterocycles. The fourth-order valence-corrected chi connectivity index (χ4v) is 2.61. The highest BCUT2D eigenvalue weighted by Crippen LogP contribution is 2.24. The molecule has 16 heavy (non-hydrogen) atoms. The zero-order chi connectivity index (χ0) is 11.4. The van der Waals surface area contributed by atoms with Crippen molar-refractivity contribution in [3.05, 3.63) is 29.0 Å². The van der Waals surface area contributed by atoms with Crippen LogP contribution in [0, 0.1) is 5.92 Å². The van der Waals surface area contributed by atoms with E-state index in [1.54, 1.807) is 12.4 Å². The van der Waals surface area contributed by atoms with Gasteiger partial charge in [0.2, 0.25) is 0 Å². The van der Waals surface area contributed by atoms with Crippen LogP contribution in [0.15, 0.2) is 18.5 Å². The van der Waals surface area contributed by atoms with E-state index < -0.39 is 0 Å². The van der Waals surface area contributed by atoms with Gasteiger partial charge in [-0.25, -0.2) is 0 Å². The third kappa shape index (κ3) is 3.19. The van der Waals surface area contributed by atoms with Gasteiger partial charge in [-0.1, -0.05) is 31.4 Å². The molecule has 2 rings (SSSR count). The second-order valence-corrected chi connectivity index (χ2v) is 5.22. The molecule has 2 nitrogen and oxygen atoms in total. The largest absolute Gasteiger partial charge is 0.310 e. The lowest BCUT2D eigenvalue weighted by Crippen LogP contribution is -2.33. The Morgan fingerprint density at radius 3 is 3.12 bits per heavy atom. The smallest absolute Gasteiger partial charge is 0.0634 e. The van der Waals surface area contributed by atoms with E-state index in [-0.39, 0.29) is 0 Å². The maximum Gasteiger partial charge on any atom is 0.0634 e. The van der Waals surface area contributed by atoms with Crippen molar-refractivity contribution in [2.75, 3.05) is 0 Å². The maximum atomic E-state index is 6.07. The molecule has 0 aromatic carbocycles. The van der Waals surface area contributed by atoms with Crippen LogP contribution in [0.3, 0.4) is 0 Å². The van der Waals surface area contributed by atoms with E-state index in [4.69, 9.17) is 11.6 Å². The molecule has 0 amide bonds. The van der Waals surface area contributed by atoms with Crippen LogP contribution >= 0.6 is 11.6 Å². The summed E-state index contributed by atoms with van der Waals surface area (Å²) < 4.78 is 0. The molecule has 0 radical (unpaired) electrons. The molecular weight excluding hydrogens is 220 g/mol. The van der Waals surface area contributed by atoms with Gasteiger partial charge in [0.1, 0.15) is 0 Å². The molecule has 1 aliphatic rings. The van der Waals surface area contributed by atoms with Crippen LogP contribution in [0.25, 0.3) is 0 Å². The minimum Gasteiger partial charge on any atom is -0.310 e. The minimum atomic E-state index is 0.660. The molecule has 1 fully saturated rings. The normalized spacial score (nSPS) is 25.6. The summed E-state index contributed by atoms with van der Waals surface area (Å²) >= 11 is 6.07. The first-order valence-electron chi connectivity index (χ1n) is 6.07. The summed E-state index contributed by atoms with van der Waals surface area (Å²) in [5.74, 6) is 0.860. The van der Waals surface area contributed by atoms with Crippen LogP contribution in [0.1, 0.15) is 38.2 Å². The van der Waals surface area contributed by atoms with E-state index >= 15 is 0 Å². The average Bonchev–Trinajstić information content (AvgIpc) is 2.28. The van der Waals surface area contributed by atoms with E-state index in [1.165, 1.54) is 25.7 Å². The predicted octanol–water partition coefficient (Wildman–Crippen LogP) is 3.40. The van der Waals surface area contributed by atoms with E-state index in [9.17, 15) is 0 Å². The highest BCUT2D eigenvalue weighted by atomic mass is 35.5. The predicted molar refractivity (Wildman–Crippen MR) is 67.5 cm³/mol. The van der Waals surface area contributed by atoms with Crippen molar-refractivity contribution in [1.82, 2.24) is 10.3 Å². The number of aromatic nitrogens is 1. The van der Waals surface area contributed by atoms with Crippen molar-refractivity contribution in [2.45, 2.75) is 45.2 Å².